The van der Waals surface area contributed by atoms with Gasteiger partial charge in [-0.05, 0) is 30.3 Å². The number of rotatable bonds is 2. The third kappa shape index (κ3) is 1.73. The van der Waals surface area contributed by atoms with Crippen LogP contribution in [0.25, 0.3) is 5.69 Å². The van der Waals surface area contributed by atoms with Gasteiger partial charge in [-0.25, -0.2) is 4.68 Å². The molecule has 0 atom stereocenters. The van der Waals surface area contributed by atoms with E-state index in [1.54, 1.807) is 23.0 Å². The molecule has 0 unspecified atom stereocenters. The molecule has 0 saturated heterocycles. The minimum atomic E-state index is 0.444. The highest BCUT2D eigenvalue weighted by molar-refractivity contribution is 5.39. The van der Waals surface area contributed by atoms with Gasteiger partial charge < -0.3 is 5.73 Å². The molecule has 0 aliphatic carbocycles. The molecule has 0 radical (unpaired) electrons. The van der Waals surface area contributed by atoms with Gasteiger partial charge in [-0.3, -0.25) is 0 Å². The van der Waals surface area contributed by atoms with E-state index in [1.807, 2.05) is 18.2 Å². The normalized spacial score (nSPS) is 9.87. The Labute approximate surface area is 87.6 Å². The Hall–Kier alpha value is -2.12. The van der Waals surface area contributed by atoms with E-state index in [0.717, 1.165) is 11.4 Å². The summed E-state index contributed by atoms with van der Waals surface area (Å²) in [5.74, 6) is 0. The van der Waals surface area contributed by atoms with Gasteiger partial charge in [-0.15, -0.1) is 0 Å². The minimum absolute atomic E-state index is 0.444. The third-order valence-corrected chi connectivity index (χ3v) is 2.17. The van der Waals surface area contributed by atoms with E-state index in [9.17, 15) is 0 Å². The molecule has 0 aliphatic heterocycles. The molecule has 4 heteroatoms. The first-order valence-electron chi connectivity index (χ1n) is 4.58. The standard InChI is InChI=1S/C11H10N4/c12-7-9-1-3-10(4-2-9)15-11(8-13)5-6-14-15/h1-6H,8,13H2. The van der Waals surface area contributed by atoms with E-state index in [2.05, 4.69) is 11.2 Å². The minimum Gasteiger partial charge on any atom is -0.325 e. The highest BCUT2D eigenvalue weighted by atomic mass is 15.3. The van der Waals surface area contributed by atoms with Gasteiger partial charge in [-0.1, -0.05) is 0 Å². The summed E-state index contributed by atoms with van der Waals surface area (Å²) < 4.78 is 1.77. The zero-order valence-electron chi connectivity index (χ0n) is 8.09. The molecule has 2 rings (SSSR count). The van der Waals surface area contributed by atoms with E-state index < -0.39 is 0 Å². The Morgan fingerprint density at radius 2 is 2.00 bits per heavy atom. The van der Waals surface area contributed by atoms with Crippen molar-refractivity contribution in [2.45, 2.75) is 6.54 Å². The van der Waals surface area contributed by atoms with Crippen LogP contribution in [0.3, 0.4) is 0 Å². The summed E-state index contributed by atoms with van der Waals surface area (Å²) in [5, 5.41) is 12.8. The predicted molar refractivity (Wildman–Crippen MR) is 56.2 cm³/mol. The molecule has 0 spiro atoms. The average molecular weight is 198 g/mol. The van der Waals surface area contributed by atoms with Gasteiger partial charge in [0, 0.05) is 12.7 Å². The first kappa shape index (κ1) is 9.44. The van der Waals surface area contributed by atoms with E-state index in [0.29, 0.717) is 12.1 Å². The molecule has 0 aliphatic rings. The molecule has 1 aromatic carbocycles. The third-order valence-electron chi connectivity index (χ3n) is 2.17. The number of hydrogen-bond acceptors (Lipinski definition) is 3. The van der Waals surface area contributed by atoms with Gasteiger partial charge >= 0.3 is 0 Å². The Bertz CT molecular complexity index is 490. The SMILES string of the molecule is N#Cc1ccc(-n2nccc2CN)cc1. The Morgan fingerprint density at radius 3 is 2.60 bits per heavy atom. The topological polar surface area (TPSA) is 67.6 Å². The Balaban J connectivity index is 2.42. The van der Waals surface area contributed by atoms with Gasteiger partial charge in [0.1, 0.15) is 0 Å². The van der Waals surface area contributed by atoms with Crippen LogP contribution in [0.2, 0.25) is 0 Å². The highest BCUT2D eigenvalue weighted by Crippen LogP contribution is 2.10. The van der Waals surface area contributed by atoms with E-state index >= 15 is 0 Å². The average Bonchev–Trinajstić information content (AvgIpc) is 2.77. The molecule has 2 aromatic rings. The van der Waals surface area contributed by atoms with Crippen LogP contribution in [0.1, 0.15) is 11.3 Å². The van der Waals surface area contributed by atoms with Crippen molar-refractivity contribution in [1.82, 2.24) is 9.78 Å². The molecular formula is C11H10N4. The van der Waals surface area contributed by atoms with Gasteiger partial charge in [0.05, 0.1) is 23.0 Å². The summed E-state index contributed by atoms with van der Waals surface area (Å²) in [6, 6.07) is 11.2. The van der Waals surface area contributed by atoms with Crippen molar-refractivity contribution < 1.29 is 0 Å². The van der Waals surface area contributed by atoms with Crippen molar-refractivity contribution in [3.05, 3.63) is 47.8 Å². The van der Waals surface area contributed by atoms with E-state index in [1.165, 1.54) is 0 Å². The molecule has 74 valence electrons. The highest BCUT2D eigenvalue weighted by Gasteiger charge is 2.02. The zero-order chi connectivity index (χ0) is 10.7. The predicted octanol–water partition coefficient (Wildman–Crippen LogP) is 1.20. The van der Waals surface area contributed by atoms with Gasteiger partial charge in [0.25, 0.3) is 0 Å². The summed E-state index contributed by atoms with van der Waals surface area (Å²) in [4.78, 5) is 0. The number of aromatic nitrogens is 2. The van der Waals surface area contributed by atoms with Crippen LogP contribution in [-0.2, 0) is 6.54 Å². The second kappa shape index (κ2) is 3.95. The van der Waals surface area contributed by atoms with Crippen molar-refractivity contribution in [2.75, 3.05) is 0 Å². The molecule has 1 heterocycles. The molecule has 0 bridgehead atoms. The molecule has 0 fully saturated rings. The fraction of sp³-hybridized carbons (Fsp3) is 0.0909. The number of nitriles is 1. The lowest BCUT2D eigenvalue weighted by Gasteiger charge is -2.05. The van der Waals surface area contributed by atoms with E-state index in [4.69, 9.17) is 11.0 Å². The number of hydrogen-bond donors (Lipinski definition) is 1. The summed E-state index contributed by atoms with van der Waals surface area (Å²) >= 11 is 0. The first-order valence-corrected chi connectivity index (χ1v) is 4.58. The van der Waals surface area contributed by atoms with Crippen molar-refractivity contribution in [2.24, 2.45) is 5.73 Å². The van der Waals surface area contributed by atoms with Crippen LogP contribution in [0.5, 0.6) is 0 Å². The summed E-state index contributed by atoms with van der Waals surface area (Å²) in [7, 11) is 0. The molecule has 2 N–H and O–H groups in total. The lowest BCUT2D eigenvalue weighted by atomic mass is 10.2. The fourth-order valence-electron chi connectivity index (χ4n) is 1.39. The molecule has 0 saturated carbocycles. The molecule has 15 heavy (non-hydrogen) atoms. The number of nitrogens with zero attached hydrogens (tertiary/aromatic N) is 3. The maximum absolute atomic E-state index is 8.67. The largest absolute Gasteiger partial charge is 0.325 e. The van der Waals surface area contributed by atoms with Crippen LogP contribution in [0.4, 0.5) is 0 Å². The van der Waals surface area contributed by atoms with Crippen LogP contribution in [0.15, 0.2) is 36.5 Å². The monoisotopic (exact) mass is 198 g/mol. The van der Waals surface area contributed by atoms with E-state index in [-0.39, 0.29) is 0 Å². The lowest BCUT2D eigenvalue weighted by molar-refractivity contribution is 0.804. The first-order chi connectivity index (χ1) is 7.35. The second-order valence-corrected chi connectivity index (χ2v) is 3.10. The fourth-order valence-corrected chi connectivity index (χ4v) is 1.39. The number of nitrogens with two attached hydrogens (primary N) is 1. The van der Waals surface area contributed by atoms with Gasteiger partial charge in [0.15, 0.2) is 0 Å². The smallest absolute Gasteiger partial charge is 0.0991 e. The van der Waals surface area contributed by atoms with Crippen LogP contribution < -0.4 is 5.73 Å². The molecule has 4 nitrogen and oxygen atoms in total. The maximum atomic E-state index is 8.67. The summed E-state index contributed by atoms with van der Waals surface area (Å²) in [6.45, 7) is 0.444. The van der Waals surface area contributed by atoms with Gasteiger partial charge in [-0.2, -0.15) is 10.4 Å². The molecular weight excluding hydrogens is 188 g/mol. The quantitative estimate of drug-likeness (QED) is 0.788. The molecule has 0 amide bonds. The van der Waals surface area contributed by atoms with Crippen LogP contribution in [0, 0.1) is 11.3 Å². The van der Waals surface area contributed by atoms with Crippen LogP contribution >= 0.6 is 0 Å². The van der Waals surface area contributed by atoms with Crippen LogP contribution in [-0.4, -0.2) is 9.78 Å². The van der Waals surface area contributed by atoms with Crippen molar-refractivity contribution in [3.63, 3.8) is 0 Å². The van der Waals surface area contributed by atoms with Crippen molar-refractivity contribution in [3.8, 4) is 11.8 Å². The number of benzene rings is 1. The zero-order valence-corrected chi connectivity index (χ0v) is 8.09. The van der Waals surface area contributed by atoms with Crippen molar-refractivity contribution >= 4 is 0 Å². The summed E-state index contributed by atoms with van der Waals surface area (Å²) in [6.07, 6.45) is 1.71. The summed E-state index contributed by atoms with van der Waals surface area (Å²) in [5.41, 5.74) is 8.07. The molecule has 1 aromatic heterocycles. The van der Waals surface area contributed by atoms with Gasteiger partial charge in [0.2, 0.25) is 0 Å². The maximum Gasteiger partial charge on any atom is 0.0991 e. The van der Waals surface area contributed by atoms with Crippen molar-refractivity contribution in [1.29, 1.82) is 5.26 Å². The Kier molecular flexibility index (Phi) is 2.48. The lowest BCUT2D eigenvalue weighted by Crippen LogP contribution is -2.06. The second-order valence-electron chi connectivity index (χ2n) is 3.10. The Morgan fingerprint density at radius 1 is 1.27 bits per heavy atom.